The third-order valence-corrected chi connectivity index (χ3v) is 7.86. The van der Waals surface area contributed by atoms with Gasteiger partial charge in [0, 0.05) is 0 Å². The van der Waals surface area contributed by atoms with E-state index in [0.29, 0.717) is 38.5 Å². The quantitative estimate of drug-likeness (QED) is 0.525. The minimum atomic E-state index is -0.782. The standard InChI is InChI=1S/C21H26O2Se/c1-20-9-7-17-16-6-4-15(22)13-14(16)3-5-18(17)19(20)8-10-21(20,23)11-12-24-2/h4,6,13,17-19,22-23H,3,5,7-10H2,1-2H3/t17-,18-,19+,20+,21-/m1/s1. The Hall–Kier alpha value is -0.941. The van der Waals surface area contributed by atoms with Gasteiger partial charge in [-0.1, -0.05) is 0 Å². The first-order valence-corrected chi connectivity index (χ1v) is 11.6. The first-order chi connectivity index (χ1) is 11.5. The number of aromatic hydroxyl groups is 1. The average Bonchev–Trinajstić information content (AvgIpc) is 2.84. The summed E-state index contributed by atoms with van der Waals surface area (Å²) in [5, 5.41) is 21.1. The van der Waals surface area contributed by atoms with Gasteiger partial charge in [-0.3, -0.25) is 0 Å². The fourth-order valence-corrected chi connectivity index (χ4v) is 6.49. The van der Waals surface area contributed by atoms with E-state index < -0.39 is 5.60 Å². The fraction of sp³-hybridized carbons (Fsp3) is 0.619. The van der Waals surface area contributed by atoms with Crippen molar-refractivity contribution in [2.24, 2.45) is 17.3 Å². The summed E-state index contributed by atoms with van der Waals surface area (Å²) in [6.45, 7) is 2.30. The second-order valence-corrected chi connectivity index (χ2v) is 9.37. The SMILES string of the molecule is C[Se]C#C[C@]1(O)CC[C@H]2[C@@H]3CCc4cc(O)ccc4[C@H]3CC[C@@]21C. The van der Waals surface area contributed by atoms with Gasteiger partial charge in [-0.05, 0) is 0 Å². The van der Waals surface area contributed by atoms with Crippen molar-refractivity contribution in [3.63, 3.8) is 0 Å². The molecule has 0 bridgehead atoms. The van der Waals surface area contributed by atoms with Crippen LogP contribution in [0.5, 0.6) is 5.75 Å². The molecule has 5 atom stereocenters. The van der Waals surface area contributed by atoms with Gasteiger partial charge in [0.15, 0.2) is 0 Å². The molecule has 0 spiro atoms. The molecule has 3 heteroatoms. The summed E-state index contributed by atoms with van der Waals surface area (Å²) >= 11 is 0.299. The average molecular weight is 389 g/mol. The fourth-order valence-electron chi connectivity index (χ4n) is 5.93. The number of aryl methyl sites for hydroxylation is 1. The Morgan fingerprint density at radius 3 is 2.83 bits per heavy atom. The van der Waals surface area contributed by atoms with Crippen molar-refractivity contribution >= 4 is 15.0 Å². The first-order valence-electron chi connectivity index (χ1n) is 9.08. The number of hydrogen-bond donors (Lipinski definition) is 2. The van der Waals surface area contributed by atoms with Crippen LogP contribution in [0.15, 0.2) is 18.2 Å². The molecule has 0 unspecified atom stereocenters. The van der Waals surface area contributed by atoms with Crippen LogP contribution < -0.4 is 0 Å². The van der Waals surface area contributed by atoms with Crippen molar-refractivity contribution in [1.82, 2.24) is 0 Å². The van der Waals surface area contributed by atoms with Crippen molar-refractivity contribution in [2.75, 3.05) is 0 Å². The first kappa shape index (κ1) is 16.5. The van der Waals surface area contributed by atoms with Crippen LogP contribution in [0, 0.1) is 28.0 Å². The molecule has 4 rings (SSSR count). The van der Waals surface area contributed by atoms with Crippen LogP contribution in [-0.4, -0.2) is 30.8 Å². The van der Waals surface area contributed by atoms with Gasteiger partial charge in [-0.2, -0.15) is 0 Å². The summed E-state index contributed by atoms with van der Waals surface area (Å²) in [6, 6.07) is 5.94. The van der Waals surface area contributed by atoms with Crippen molar-refractivity contribution in [3.05, 3.63) is 29.3 Å². The van der Waals surface area contributed by atoms with Crippen LogP contribution >= 0.6 is 0 Å². The van der Waals surface area contributed by atoms with Crippen LogP contribution in [0.2, 0.25) is 5.82 Å². The Kier molecular flexibility index (Phi) is 4.00. The predicted molar refractivity (Wildman–Crippen MR) is 97.1 cm³/mol. The normalized spacial score (nSPS) is 40.0. The van der Waals surface area contributed by atoms with Crippen molar-refractivity contribution < 1.29 is 10.2 Å². The summed E-state index contributed by atoms with van der Waals surface area (Å²) in [6.07, 6.45) is 6.37. The molecular formula is C21H26O2Se. The van der Waals surface area contributed by atoms with Gasteiger partial charge in [0.2, 0.25) is 0 Å². The van der Waals surface area contributed by atoms with E-state index >= 15 is 0 Å². The Morgan fingerprint density at radius 1 is 1.21 bits per heavy atom. The molecule has 0 aromatic heterocycles. The molecule has 0 heterocycles. The molecule has 2 fully saturated rings. The van der Waals surface area contributed by atoms with E-state index in [2.05, 4.69) is 29.6 Å². The molecule has 2 saturated carbocycles. The number of phenolic OH excluding ortho intramolecular Hbond substituents is 1. The van der Waals surface area contributed by atoms with Crippen molar-refractivity contribution in [2.45, 2.75) is 62.8 Å². The predicted octanol–water partition coefficient (Wildman–Crippen LogP) is 3.69. The zero-order chi connectivity index (χ0) is 16.9. The Morgan fingerprint density at radius 2 is 2.04 bits per heavy atom. The molecule has 1 aromatic carbocycles. The van der Waals surface area contributed by atoms with Gasteiger partial charge >= 0.3 is 151 Å². The zero-order valence-electron chi connectivity index (χ0n) is 14.5. The Balaban J connectivity index is 1.68. The van der Waals surface area contributed by atoms with E-state index in [1.54, 1.807) is 0 Å². The number of phenols is 1. The van der Waals surface area contributed by atoms with Gasteiger partial charge < -0.3 is 0 Å². The zero-order valence-corrected chi connectivity index (χ0v) is 16.2. The molecule has 0 saturated heterocycles. The van der Waals surface area contributed by atoms with Crippen LogP contribution in [0.3, 0.4) is 0 Å². The third kappa shape index (κ3) is 2.27. The molecule has 2 N–H and O–H groups in total. The number of fused-ring (bicyclic) bond motifs is 5. The van der Waals surface area contributed by atoms with E-state index in [0.717, 1.165) is 32.1 Å². The van der Waals surface area contributed by atoms with E-state index in [1.807, 2.05) is 12.1 Å². The van der Waals surface area contributed by atoms with Crippen LogP contribution in [-0.2, 0) is 6.42 Å². The third-order valence-electron chi connectivity index (χ3n) is 7.22. The number of rotatable bonds is 0. The number of benzene rings is 1. The topological polar surface area (TPSA) is 40.5 Å². The summed E-state index contributed by atoms with van der Waals surface area (Å²) in [4.78, 5) is 3.22. The molecule has 0 amide bonds. The van der Waals surface area contributed by atoms with E-state index in [9.17, 15) is 10.2 Å². The second-order valence-electron chi connectivity index (χ2n) is 8.08. The van der Waals surface area contributed by atoms with Crippen LogP contribution in [0.25, 0.3) is 0 Å². The Labute approximate surface area is 151 Å². The molecule has 0 aliphatic heterocycles. The van der Waals surface area contributed by atoms with Gasteiger partial charge in [0.25, 0.3) is 0 Å². The molecule has 2 nitrogen and oxygen atoms in total. The summed E-state index contributed by atoms with van der Waals surface area (Å²) in [7, 11) is 0. The summed E-state index contributed by atoms with van der Waals surface area (Å²) in [5.74, 6) is 7.59. The molecule has 24 heavy (non-hydrogen) atoms. The number of aliphatic hydroxyl groups is 1. The maximum atomic E-state index is 11.3. The molecular weight excluding hydrogens is 363 g/mol. The molecule has 3 aliphatic rings. The molecule has 128 valence electrons. The minimum absolute atomic E-state index is 0.0547. The van der Waals surface area contributed by atoms with Crippen LogP contribution in [0.4, 0.5) is 0 Å². The van der Waals surface area contributed by atoms with Crippen LogP contribution in [0.1, 0.15) is 56.1 Å². The van der Waals surface area contributed by atoms with Gasteiger partial charge in [0.05, 0.1) is 0 Å². The van der Waals surface area contributed by atoms with E-state index in [-0.39, 0.29) is 5.41 Å². The van der Waals surface area contributed by atoms with Gasteiger partial charge in [0.1, 0.15) is 0 Å². The summed E-state index contributed by atoms with van der Waals surface area (Å²) in [5.41, 5.74) is 1.95. The molecule has 0 radical (unpaired) electrons. The monoisotopic (exact) mass is 390 g/mol. The van der Waals surface area contributed by atoms with Gasteiger partial charge in [-0.15, -0.1) is 0 Å². The Bertz CT molecular complexity index is 718. The van der Waals surface area contributed by atoms with E-state index in [4.69, 9.17) is 0 Å². The molecule has 3 aliphatic carbocycles. The van der Waals surface area contributed by atoms with Crippen molar-refractivity contribution in [3.8, 4) is 16.5 Å². The second kappa shape index (κ2) is 5.80. The number of hydrogen-bond acceptors (Lipinski definition) is 2. The summed E-state index contributed by atoms with van der Waals surface area (Å²) < 4.78 is 0. The van der Waals surface area contributed by atoms with E-state index in [1.165, 1.54) is 17.5 Å². The van der Waals surface area contributed by atoms with Crippen molar-refractivity contribution in [1.29, 1.82) is 0 Å². The van der Waals surface area contributed by atoms with Gasteiger partial charge in [-0.25, -0.2) is 0 Å². The maximum absolute atomic E-state index is 11.3. The molecule has 1 aromatic rings.